The molecule has 3 fully saturated rings. The van der Waals surface area contributed by atoms with E-state index in [0.29, 0.717) is 17.2 Å². The van der Waals surface area contributed by atoms with Gasteiger partial charge in [0.25, 0.3) is 0 Å². The minimum absolute atomic E-state index is 0.126. The zero-order chi connectivity index (χ0) is 17.8. The summed E-state index contributed by atoms with van der Waals surface area (Å²) in [4.78, 5) is 23.8. The van der Waals surface area contributed by atoms with Crippen LogP contribution in [0.1, 0.15) is 65.2 Å². The fraction of sp³-hybridized carbons (Fsp3) is 0.810. The van der Waals surface area contributed by atoms with Gasteiger partial charge >= 0.3 is 0 Å². The average molecular weight is 408 g/mol. The smallest absolute Gasteiger partial charge is 0.230 e. The summed E-state index contributed by atoms with van der Waals surface area (Å²) < 4.78 is 0. The highest BCUT2D eigenvalue weighted by Crippen LogP contribution is 2.65. The average Bonchev–Trinajstić information content (AvgIpc) is 2.92. The lowest BCUT2D eigenvalue weighted by molar-refractivity contribution is -0.120. The van der Waals surface area contributed by atoms with E-state index in [1.807, 2.05) is 6.08 Å². The monoisotopic (exact) mass is 407 g/mol. The second-order valence-corrected chi connectivity index (χ2v) is 9.91. The highest BCUT2D eigenvalue weighted by Gasteiger charge is 2.59. The first kappa shape index (κ1) is 17.8. The highest BCUT2D eigenvalue weighted by atomic mass is 79.9. The van der Waals surface area contributed by atoms with Crippen molar-refractivity contribution in [1.82, 2.24) is 5.32 Å². The first-order valence-corrected chi connectivity index (χ1v) is 11.1. The third-order valence-corrected chi connectivity index (χ3v) is 8.93. The van der Waals surface area contributed by atoms with E-state index >= 15 is 0 Å². The molecule has 0 aromatic carbocycles. The molecule has 3 nitrogen and oxygen atoms in total. The third-order valence-electron chi connectivity index (χ3n) is 8.42. The fourth-order valence-electron chi connectivity index (χ4n) is 7.03. The molecule has 0 bridgehead atoms. The van der Waals surface area contributed by atoms with Crippen molar-refractivity contribution in [3.8, 4) is 0 Å². The molecular formula is C21H30BrNO2. The number of nitrogens with one attached hydrogen (secondary N) is 1. The summed E-state index contributed by atoms with van der Waals surface area (Å²) in [5.41, 5.74) is 1.94. The molecule has 0 saturated heterocycles. The van der Waals surface area contributed by atoms with Crippen LogP contribution in [0.3, 0.4) is 0 Å². The quantitative estimate of drug-likeness (QED) is 0.689. The lowest BCUT2D eigenvalue weighted by Crippen LogP contribution is -2.54. The Hall–Kier alpha value is -0.640. The van der Waals surface area contributed by atoms with Gasteiger partial charge in [-0.15, -0.1) is 0 Å². The van der Waals surface area contributed by atoms with Crippen LogP contribution in [0, 0.1) is 28.6 Å². The zero-order valence-corrected chi connectivity index (χ0v) is 17.0. The molecular weight excluding hydrogens is 378 g/mol. The lowest BCUT2D eigenvalue weighted by atomic mass is 9.47. The Morgan fingerprint density at radius 1 is 1.16 bits per heavy atom. The molecule has 4 heteroatoms. The predicted octanol–water partition coefficient (Wildman–Crippen LogP) is 4.40. The van der Waals surface area contributed by atoms with Gasteiger partial charge in [0.15, 0.2) is 5.78 Å². The Morgan fingerprint density at radius 3 is 2.72 bits per heavy atom. The van der Waals surface area contributed by atoms with Crippen LogP contribution in [0.2, 0.25) is 0 Å². The summed E-state index contributed by atoms with van der Waals surface area (Å²) in [7, 11) is 0. The Kier molecular flexibility index (Phi) is 4.41. The summed E-state index contributed by atoms with van der Waals surface area (Å²) in [5.74, 6) is 2.68. The van der Waals surface area contributed by atoms with Crippen molar-refractivity contribution in [2.75, 3.05) is 5.33 Å². The van der Waals surface area contributed by atoms with Gasteiger partial charge in [-0.3, -0.25) is 9.59 Å². The molecule has 6 atom stereocenters. The standard InChI is InChI=1S/C21H30BrNO2/c1-20-9-7-14(24)11-13(20)3-4-15-16-5-6-18(23-19(25)12-22)21(16,2)10-8-17(15)20/h11,15-18H,3-10,12H2,1-2H3,(H,23,25)/t15-,16-,17-,18-,20-,21-/m0/s1. The summed E-state index contributed by atoms with van der Waals surface area (Å²) in [6.07, 6.45) is 10.9. The van der Waals surface area contributed by atoms with E-state index in [4.69, 9.17) is 0 Å². The molecule has 0 aliphatic heterocycles. The van der Waals surface area contributed by atoms with Gasteiger partial charge in [-0.25, -0.2) is 0 Å². The number of carbonyl (C=O) groups excluding carboxylic acids is 2. The third kappa shape index (κ3) is 2.65. The molecule has 0 aromatic rings. The molecule has 3 saturated carbocycles. The van der Waals surface area contributed by atoms with Gasteiger partial charge in [0.2, 0.25) is 5.91 Å². The van der Waals surface area contributed by atoms with E-state index in [1.54, 1.807) is 0 Å². The molecule has 138 valence electrons. The molecule has 1 N–H and O–H groups in total. The van der Waals surface area contributed by atoms with Crippen molar-refractivity contribution in [3.05, 3.63) is 11.6 Å². The highest BCUT2D eigenvalue weighted by molar-refractivity contribution is 9.09. The minimum atomic E-state index is 0.126. The molecule has 0 radical (unpaired) electrons. The molecule has 0 unspecified atom stereocenters. The maximum atomic E-state index is 11.9. The number of carbonyl (C=O) groups is 2. The van der Waals surface area contributed by atoms with E-state index in [-0.39, 0.29) is 16.7 Å². The van der Waals surface area contributed by atoms with Gasteiger partial charge < -0.3 is 5.32 Å². The molecule has 1 amide bonds. The SMILES string of the molecule is C[C@]12CC[C@H]3[C@@H](CCC4=CC(=O)CC[C@@]43C)[C@@H]1CC[C@@H]2NC(=O)CBr. The number of alkyl halides is 1. The molecule has 4 rings (SSSR count). The minimum Gasteiger partial charge on any atom is -0.352 e. The van der Waals surface area contributed by atoms with Crippen LogP contribution < -0.4 is 5.32 Å². The summed E-state index contributed by atoms with van der Waals surface area (Å²) >= 11 is 3.29. The van der Waals surface area contributed by atoms with Gasteiger partial charge in [0.05, 0.1) is 5.33 Å². The fourth-order valence-corrected chi connectivity index (χ4v) is 7.19. The number of halogens is 1. The number of allylic oxidation sites excluding steroid dienone is 1. The number of rotatable bonds is 2. The lowest BCUT2D eigenvalue weighted by Gasteiger charge is -2.58. The van der Waals surface area contributed by atoms with E-state index in [9.17, 15) is 9.59 Å². The van der Waals surface area contributed by atoms with E-state index in [1.165, 1.54) is 31.3 Å². The Balaban J connectivity index is 1.59. The number of amides is 1. The van der Waals surface area contributed by atoms with Crippen LogP contribution in [-0.2, 0) is 9.59 Å². The summed E-state index contributed by atoms with van der Waals surface area (Å²) in [6.45, 7) is 4.86. The van der Waals surface area contributed by atoms with Gasteiger partial charge in [-0.1, -0.05) is 35.4 Å². The summed E-state index contributed by atoms with van der Waals surface area (Å²) in [5, 5.41) is 3.69. The van der Waals surface area contributed by atoms with Crippen molar-refractivity contribution in [3.63, 3.8) is 0 Å². The van der Waals surface area contributed by atoms with E-state index in [2.05, 4.69) is 35.1 Å². The van der Waals surface area contributed by atoms with E-state index in [0.717, 1.165) is 43.4 Å². The Bertz CT molecular complexity index is 629. The maximum absolute atomic E-state index is 11.9. The van der Waals surface area contributed by atoms with Crippen LogP contribution in [0.4, 0.5) is 0 Å². The first-order valence-electron chi connectivity index (χ1n) is 9.97. The normalized spacial score (nSPS) is 45.9. The number of hydrogen-bond donors (Lipinski definition) is 1. The van der Waals surface area contributed by atoms with Crippen molar-refractivity contribution in [2.24, 2.45) is 28.6 Å². The predicted molar refractivity (Wildman–Crippen MR) is 102 cm³/mol. The first-order chi connectivity index (χ1) is 11.9. The Morgan fingerprint density at radius 2 is 1.96 bits per heavy atom. The van der Waals surface area contributed by atoms with Crippen molar-refractivity contribution in [2.45, 2.75) is 71.3 Å². The molecule has 0 aromatic heterocycles. The molecule has 0 spiro atoms. The topological polar surface area (TPSA) is 46.2 Å². The second kappa shape index (κ2) is 6.21. The van der Waals surface area contributed by atoms with Gasteiger partial charge in [-0.2, -0.15) is 0 Å². The van der Waals surface area contributed by atoms with Gasteiger partial charge in [-0.05, 0) is 79.6 Å². The Labute approximate surface area is 159 Å². The summed E-state index contributed by atoms with van der Waals surface area (Å²) in [6, 6.07) is 0.334. The van der Waals surface area contributed by atoms with Crippen LogP contribution in [-0.4, -0.2) is 23.1 Å². The van der Waals surface area contributed by atoms with Crippen LogP contribution in [0.25, 0.3) is 0 Å². The molecule has 4 aliphatic rings. The maximum Gasteiger partial charge on any atom is 0.230 e. The largest absolute Gasteiger partial charge is 0.352 e. The molecule has 0 heterocycles. The van der Waals surface area contributed by atoms with Crippen LogP contribution in [0.5, 0.6) is 0 Å². The molecule has 25 heavy (non-hydrogen) atoms. The van der Waals surface area contributed by atoms with Crippen molar-refractivity contribution < 1.29 is 9.59 Å². The van der Waals surface area contributed by atoms with Gasteiger partial charge in [0.1, 0.15) is 0 Å². The van der Waals surface area contributed by atoms with Crippen LogP contribution >= 0.6 is 15.9 Å². The number of fused-ring (bicyclic) bond motifs is 5. The van der Waals surface area contributed by atoms with E-state index < -0.39 is 0 Å². The number of hydrogen-bond acceptors (Lipinski definition) is 2. The van der Waals surface area contributed by atoms with Crippen LogP contribution in [0.15, 0.2) is 11.6 Å². The molecule has 4 aliphatic carbocycles. The zero-order valence-electron chi connectivity index (χ0n) is 15.4. The van der Waals surface area contributed by atoms with Gasteiger partial charge in [0, 0.05) is 12.5 Å². The van der Waals surface area contributed by atoms with Crippen molar-refractivity contribution in [1.29, 1.82) is 0 Å². The number of ketones is 1. The second-order valence-electron chi connectivity index (χ2n) is 9.34. The van der Waals surface area contributed by atoms with Crippen molar-refractivity contribution >= 4 is 27.6 Å².